The van der Waals surface area contributed by atoms with E-state index in [0.29, 0.717) is 24.3 Å². The van der Waals surface area contributed by atoms with Crippen LogP contribution in [0.1, 0.15) is 44.2 Å². The zero-order chi connectivity index (χ0) is 18.5. The molecule has 3 aliphatic carbocycles. The Labute approximate surface area is 159 Å². The Bertz CT molecular complexity index is 819. The Hall–Kier alpha value is -2.43. The molecule has 2 bridgehead atoms. The lowest BCUT2D eigenvalue weighted by Gasteiger charge is -2.69. The van der Waals surface area contributed by atoms with Crippen LogP contribution in [0.15, 0.2) is 48.9 Å². The number of benzene rings is 1. The summed E-state index contributed by atoms with van der Waals surface area (Å²) in [4.78, 5) is 23.8. The van der Waals surface area contributed by atoms with Crippen LogP contribution >= 0.6 is 0 Å². The summed E-state index contributed by atoms with van der Waals surface area (Å²) in [7, 11) is 0. The lowest BCUT2D eigenvalue weighted by molar-refractivity contribution is -0.226. The number of carbonyl (C=O) groups excluding carboxylic acids is 1. The number of amides is 1. The van der Waals surface area contributed by atoms with Gasteiger partial charge >= 0.3 is 0 Å². The van der Waals surface area contributed by atoms with Gasteiger partial charge in [0.05, 0.1) is 24.3 Å². The van der Waals surface area contributed by atoms with E-state index < -0.39 is 0 Å². The van der Waals surface area contributed by atoms with Crippen LogP contribution in [0.25, 0.3) is 0 Å². The molecule has 2 unspecified atom stereocenters. The van der Waals surface area contributed by atoms with E-state index in [4.69, 9.17) is 4.74 Å². The number of nitrogens with zero attached hydrogens (tertiary/aromatic N) is 3. The monoisotopic (exact) mass is 363 g/mol. The summed E-state index contributed by atoms with van der Waals surface area (Å²) in [6.45, 7) is 3.78. The number of hydrogen-bond donors (Lipinski definition) is 0. The lowest BCUT2D eigenvalue weighted by Crippen LogP contribution is -2.69. The molecule has 2 heterocycles. The molecule has 27 heavy (non-hydrogen) atoms. The molecule has 2 aromatic rings. The van der Waals surface area contributed by atoms with Crippen LogP contribution in [0.2, 0.25) is 0 Å². The van der Waals surface area contributed by atoms with Gasteiger partial charge in [0.1, 0.15) is 0 Å². The van der Waals surface area contributed by atoms with Crippen LogP contribution in [0.4, 0.5) is 0 Å². The van der Waals surface area contributed by atoms with E-state index in [1.165, 1.54) is 5.56 Å². The van der Waals surface area contributed by atoms with Gasteiger partial charge in [-0.05, 0) is 37.2 Å². The van der Waals surface area contributed by atoms with Crippen molar-refractivity contribution in [1.82, 2.24) is 14.9 Å². The van der Waals surface area contributed by atoms with Gasteiger partial charge in [0, 0.05) is 24.4 Å². The molecule has 1 amide bonds. The lowest BCUT2D eigenvalue weighted by atomic mass is 9.35. The molecule has 140 valence electrons. The first-order valence-electron chi connectivity index (χ1n) is 9.86. The number of ether oxygens (including phenoxy) is 1. The Kier molecular flexibility index (Phi) is 3.74. The van der Waals surface area contributed by atoms with Gasteiger partial charge in [-0.1, -0.05) is 37.3 Å². The molecule has 1 aliphatic heterocycles. The van der Waals surface area contributed by atoms with Crippen molar-refractivity contribution in [3.8, 4) is 5.88 Å². The van der Waals surface area contributed by atoms with E-state index >= 15 is 0 Å². The summed E-state index contributed by atoms with van der Waals surface area (Å²) in [6, 6.07) is 10.7. The zero-order valence-corrected chi connectivity index (χ0v) is 15.7. The molecule has 0 spiro atoms. The molecule has 4 aliphatic rings. The number of aromatic nitrogens is 2. The fourth-order valence-corrected chi connectivity index (χ4v) is 5.60. The number of rotatable bonds is 5. The van der Waals surface area contributed by atoms with Crippen molar-refractivity contribution in [3.05, 3.63) is 54.5 Å². The largest absolute Gasteiger partial charge is 0.476 e. The van der Waals surface area contributed by atoms with Crippen LogP contribution < -0.4 is 4.74 Å². The van der Waals surface area contributed by atoms with E-state index in [9.17, 15) is 4.79 Å². The topological polar surface area (TPSA) is 55.3 Å². The summed E-state index contributed by atoms with van der Waals surface area (Å²) in [5, 5.41) is 0. The minimum absolute atomic E-state index is 0.136. The first-order valence-corrected chi connectivity index (χ1v) is 9.86. The van der Waals surface area contributed by atoms with Crippen LogP contribution in [0.5, 0.6) is 5.88 Å². The highest BCUT2D eigenvalue weighted by molar-refractivity contribution is 5.87. The highest BCUT2D eigenvalue weighted by atomic mass is 16.5. The predicted molar refractivity (Wildman–Crippen MR) is 101 cm³/mol. The molecule has 5 heteroatoms. The van der Waals surface area contributed by atoms with Crippen LogP contribution in [-0.2, 0) is 4.79 Å². The van der Waals surface area contributed by atoms with Gasteiger partial charge in [-0.2, -0.15) is 0 Å². The van der Waals surface area contributed by atoms with E-state index in [1.54, 1.807) is 18.6 Å². The van der Waals surface area contributed by atoms with Gasteiger partial charge in [-0.15, -0.1) is 0 Å². The summed E-state index contributed by atoms with van der Waals surface area (Å²) in [6.07, 6.45) is 8.86. The summed E-state index contributed by atoms with van der Waals surface area (Å²) < 4.78 is 5.81. The molecule has 1 aromatic carbocycles. The van der Waals surface area contributed by atoms with E-state index in [1.807, 2.05) is 6.07 Å². The molecule has 2 atom stereocenters. The molecule has 4 fully saturated rings. The molecule has 1 saturated heterocycles. The standard InChI is InChI=1S/C22H25N3O2/c1-16-7-10-25(19(16)17-5-3-2-4-6-17)20(26)22-12-21(13-22,14-22)15-27-18-11-23-8-9-24-18/h2-6,8-9,11,16,19H,7,10,12-15H2,1H3. The third kappa shape index (κ3) is 2.63. The first-order chi connectivity index (χ1) is 13.1. The second kappa shape index (κ2) is 6.04. The van der Waals surface area contributed by atoms with E-state index in [-0.39, 0.29) is 16.9 Å². The Morgan fingerprint density at radius 1 is 1.22 bits per heavy atom. The van der Waals surface area contributed by atoms with Crippen LogP contribution in [0.3, 0.4) is 0 Å². The third-order valence-electron chi connectivity index (χ3n) is 6.76. The highest BCUT2D eigenvalue weighted by Gasteiger charge is 2.72. The van der Waals surface area contributed by atoms with E-state index in [2.05, 4.69) is 46.1 Å². The van der Waals surface area contributed by atoms with Crippen molar-refractivity contribution in [2.45, 2.75) is 38.6 Å². The van der Waals surface area contributed by atoms with E-state index in [0.717, 1.165) is 32.2 Å². The second-order valence-corrected chi connectivity index (χ2v) is 8.76. The highest BCUT2D eigenvalue weighted by Crippen LogP contribution is 2.74. The third-order valence-corrected chi connectivity index (χ3v) is 6.76. The molecule has 0 radical (unpaired) electrons. The van der Waals surface area contributed by atoms with Crippen molar-refractivity contribution in [2.75, 3.05) is 13.2 Å². The molecule has 6 rings (SSSR count). The summed E-state index contributed by atoms with van der Waals surface area (Å²) in [5.74, 6) is 1.44. The average molecular weight is 363 g/mol. The molecular weight excluding hydrogens is 338 g/mol. The zero-order valence-electron chi connectivity index (χ0n) is 15.7. The predicted octanol–water partition coefficient (Wildman–Crippen LogP) is 3.64. The first kappa shape index (κ1) is 16.7. The van der Waals surface area contributed by atoms with Gasteiger partial charge in [-0.3, -0.25) is 9.78 Å². The molecule has 5 nitrogen and oxygen atoms in total. The summed E-state index contributed by atoms with van der Waals surface area (Å²) in [5.41, 5.74) is 1.30. The Morgan fingerprint density at radius 3 is 2.70 bits per heavy atom. The number of carbonyl (C=O) groups is 1. The summed E-state index contributed by atoms with van der Waals surface area (Å²) >= 11 is 0. The molecule has 3 saturated carbocycles. The van der Waals surface area contributed by atoms with Gasteiger partial charge in [0.15, 0.2) is 0 Å². The molecule has 1 aromatic heterocycles. The minimum atomic E-state index is -0.136. The smallest absolute Gasteiger partial charge is 0.232 e. The average Bonchev–Trinajstić information content (AvgIpc) is 3.02. The van der Waals surface area contributed by atoms with Gasteiger partial charge in [-0.25, -0.2) is 4.98 Å². The van der Waals surface area contributed by atoms with Gasteiger partial charge in [0.2, 0.25) is 11.8 Å². The number of hydrogen-bond acceptors (Lipinski definition) is 4. The fourth-order valence-electron chi connectivity index (χ4n) is 5.60. The SMILES string of the molecule is CC1CCN(C(=O)C23CC(COc4cnccn4)(C2)C3)C1c1ccccc1. The normalized spacial score (nSPS) is 33.9. The maximum atomic E-state index is 13.4. The Balaban J connectivity index is 1.24. The Morgan fingerprint density at radius 2 is 2.00 bits per heavy atom. The quantitative estimate of drug-likeness (QED) is 0.814. The number of likely N-dealkylation sites (tertiary alicyclic amines) is 1. The van der Waals surface area contributed by atoms with Crippen molar-refractivity contribution < 1.29 is 9.53 Å². The maximum absolute atomic E-state index is 13.4. The van der Waals surface area contributed by atoms with Gasteiger partial charge in [0.25, 0.3) is 0 Å². The van der Waals surface area contributed by atoms with Crippen LogP contribution in [-0.4, -0.2) is 33.9 Å². The van der Waals surface area contributed by atoms with Crippen molar-refractivity contribution in [3.63, 3.8) is 0 Å². The second-order valence-electron chi connectivity index (χ2n) is 8.76. The van der Waals surface area contributed by atoms with Crippen molar-refractivity contribution in [1.29, 1.82) is 0 Å². The fraction of sp³-hybridized carbons (Fsp3) is 0.500. The van der Waals surface area contributed by atoms with Crippen molar-refractivity contribution in [2.24, 2.45) is 16.7 Å². The molecule has 0 N–H and O–H groups in total. The minimum Gasteiger partial charge on any atom is -0.476 e. The van der Waals surface area contributed by atoms with Crippen LogP contribution in [0, 0.1) is 16.7 Å². The van der Waals surface area contributed by atoms with Crippen molar-refractivity contribution >= 4 is 5.91 Å². The maximum Gasteiger partial charge on any atom is 0.232 e. The molecular formula is C22H25N3O2. The van der Waals surface area contributed by atoms with Gasteiger partial charge < -0.3 is 9.64 Å².